The molecule has 1 amide bonds. The lowest BCUT2D eigenvalue weighted by atomic mass is 10.1. The van der Waals surface area contributed by atoms with E-state index in [1.54, 1.807) is 34.8 Å². The Balaban J connectivity index is 1.34. The molecule has 0 spiro atoms. The molecule has 180 valence electrons. The third-order valence-corrected chi connectivity index (χ3v) is 6.68. The fourth-order valence-electron chi connectivity index (χ4n) is 4.89. The third kappa shape index (κ3) is 3.62. The van der Waals surface area contributed by atoms with Crippen molar-refractivity contribution in [1.29, 1.82) is 0 Å². The van der Waals surface area contributed by atoms with Crippen LogP contribution in [0.15, 0.2) is 73.1 Å². The monoisotopic (exact) mass is 480 g/mol. The molecule has 0 unspecified atom stereocenters. The van der Waals surface area contributed by atoms with Crippen LogP contribution in [0.25, 0.3) is 22.8 Å². The number of hydrogen-bond donors (Lipinski definition) is 0. The van der Waals surface area contributed by atoms with Gasteiger partial charge in [-0.1, -0.05) is 17.7 Å². The Labute approximate surface area is 208 Å². The van der Waals surface area contributed by atoms with E-state index < -0.39 is 0 Å². The molecule has 2 aromatic carbocycles. The topological polar surface area (TPSA) is 60.9 Å². The second-order valence-electron chi connectivity index (χ2n) is 9.25. The molecular formula is C28H25FN6O. The first-order valence-electron chi connectivity index (χ1n) is 11.8. The van der Waals surface area contributed by atoms with Gasteiger partial charge in [0.05, 0.1) is 30.2 Å². The number of nitrogens with zero attached hydrogens (tertiary/aromatic N) is 6. The molecule has 8 heteroatoms. The van der Waals surface area contributed by atoms with E-state index in [0.717, 1.165) is 33.9 Å². The molecule has 7 nitrogen and oxygen atoms in total. The van der Waals surface area contributed by atoms with Gasteiger partial charge in [0.15, 0.2) is 0 Å². The molecule has 1 aliphatic heterocycles. The van der Waals surface area contributed by atoms with Crippen LogP contribution in [0.3, 0.4) is 0 Å². The van der Waals surface area contributed by atoms with E-state index in [-0.39, 0.29) is 11.7 Å². The van der Waals surface area contributed by atoms with Crippen molar-refractivity contribution in [3.05, 3.63) is 107 Å². The zero-order valence-corrected chi connectivity index (χ0v) is 20.3. The van der Waals surface area contributed by atoms with Crippen molar-refractivity contribution in [2.75, 3.05) is 0 Å². The largest absolute Gasteiger partial charge is 0.327 e. The molecule has 0 saturated heterocycles. The second kappa shape index (κ2) is 8.34. The number of halogens is 1. The molecule has 0 bridgehead atoms. The normalized spacial score (nSPS) is 12.8. The Morgan fingerprint density at radius 3 is 2.42 bits per heavy atom. The summed E-state index contributed by atoms with van der Waals surface area (Å²) in [6, 6.07) is 18.2. The molecule has 0 N–H and O–H groups in total. The summed E-state index contributed by atoms with van der Waals surface area (Å²) in [7, 11) is 1.75. The Kier molecular flexibility index (Phi) is 5.10. The molecular weight excluding hydrogens is 455 g/mol. The number of fused-ring (bicyclic) bond motifs is 1. The standard InChI is InChI=1S/C28H25FN6O/c1-18-6-11-25(19(2)14-18)35-27(33-12-4-5-13-33)22-16-34(17-24(22)31-35)28(36)26-15-23(30-32(26)3)20-7-9-21(29)10-8-20/h4-15H,16-17H2,1-3H3. The molecule has 0 radical (unpaired) electrons. The number of carbonyl (C=O) groups is 1. The van der Waals surface area contributed by atoms with E-state index in [0.29, 0.717) is 24.5 Å². The highest BCUT2D eigenvalue weighted by atomic mass is 19.1. The minimum atomic E-state index is -0.308. The van der Waals surface area contributed by atoms with Crippen LogP contribution in [0.1, 0.15) is 32.9 Å². The van der Waals surface area contributed by atoms with Crippen LogP contribution in [0, 0.1) is 19.7 Å². The highest BCUT2D eigenvalue weighted by molar-refractivity contribution is 5.94. The van der Waals surface area contributed by atoms with E-state index in [4.69, 9.17) is 5.10 Å². The van der Waals surface area contributed by atoms with E-state index in [2.05, 4.69) is 41.7 Å². The minimum absolute atomic E-state index is 0.118. The van der Waals surface area contributed by atoms with Crippen LogP contribution in [0.4, 0.5) is 4.39 Å². The number of aryl methyl sites for hydroxylation is 3. The lowest BCUT2D eigenvalue weighted by Crippen LogP contribution is -2.28. The van der Waals surface area contributed by atoms with Gasteiger partial charge in [-0.05, 0) is 67.9 Å². The van der Waals surface area contributed by atoms with Crippen LogP contribution in [0.2, 0.25) is 0 Å². The summed E-state index contributed by atoms with van der Waals surface area (Å²) in [5, 5.41) is 9.45. The number of rotatable bonds is 4. The summed E-state index contributed by atoms with van der Waals surface area (Å²) in [5.41, 5.74) is 7.14. The first-order chi connectivity index (χ1) is 17.4. The first kappa shape index (κ1) is 22.0. The van der Waals surface area contributed by atoms with Crippen molar-refractivity contribution in [2.24, 2.45) is 7.05 Å². The van der Waals surface area contributed by atoms with Gasteiger partial charge >= 0.3 is 0 Å². The van der Waals surface area contributed by atoms with Gasteiger partial charge in [-0.15, -0.1) is 0 Å². The lowest BCUT2D eigenvalue weighted by Gasteiger charge is -2.18. The van der Waals surface area contributed by atoms with Gasteiger partial charge in [-0.25, -0.2) is 9.07 Å². The maximum Gasteiger partial charge on any atom is 0.272 e. The maximum atomic E-state index is 13.5. The quantitative estimate of drug-likeness (QED) is 0.365. The summed E-state index contributed by atoms with van der Waals surface area (Å²) < 4.78 is 19.0. The van der Waals surface area contributed by atoms with Crippen LogP contribution >= 0.6 is 0 Å². The minimum Gasteiger partial charge on any atom is -0.327 e. The van der Waals surface area contributed by atoms with Gasteiger partial charge < -0.3 is 9.47 Å². The molecule has 5 aromatic rings. The Hall–Kier alpha value is -4.46. The Bertz CT molecular complexity index is 1590. The van der Waals surface area contributed by atoms with Gasteiger partial charge in [0, 0.05) is 30.6 Å². The molecule has 6 rings (SSSR count). The molecule has 1 aliphatic rings. The predicted octanol–water partition coefficient (Wildman–Crippen LogP) is 4.98. The number of carbonyl (C=O) groups excluding carboxylic acids is 1. The molecule has 0 aliphatic carbocycles. The first-order valence-corrected chi connectivity index (χ1v) is 11.8. The van der Waals surface area contributed by atoms with E-state index in [9.17, 15) is 9.18 Å². The van der Waals surface area contributed by atoms with Crippen molar-refractivity contribution in [3.8, 4) is 22.8 Å². The van der Waals surface area contributed by atoms with Crippen LogP contribution in [-0.2, 0) is 20.1 Å². The molecule has 3 aromatic heterocycles. The average Bonchev–Trinajstić information content (AvgIpc) is 3.63. The Morgan fingerprint density at radius 1 is 0.944 bits per heavy atom. The summed E-state index contributed by atoms with van der Waals surface area (Å²) >= 11 is 0. The van der Waals surface area contributed by atoms with Crippen molar-refractivity contribution in [2.45, 2.75) is 26.9 Å². The van der Waals surface area contributed by atoms with Gasteiger partial charge in [-0.3, -0.25) is 9.48 Å². The molecule has 0 atom stereocenters. The average molecular weight is 481 g/mol. The zero-order valence-electron chi connectivity index (χ0n) is 20.3. The van der Waals surface area contributed by atoms with Gasteiger partial charge in [0.2, 0.25) is 0 Å². The Morgan fingerprint density at radius 2 is 1.69 bits per heavy atom. The zero-order chi connectivity index (χ0) is 25.0. The molecule has 4 heterocycles. The van der Waals surface area contributed by atoms with Gasteiger partial charge in [-0.2, -0.15) is 10.2 Å². The smallest absolute Gasteiger partial charge is 0.272 e. The van der Waals surface area contributed by atoms with E-state index in [1.807, 2.05) is 29.2 Å². The second-order valence-corrected chi connectivity index (χ2v) is 9.25. The van der Waals surface area contributed by atoms with Crippen molar-refractivity contribution in [3.63, 3.8) is 0 Å². The third-order valence-electron chi connectivity index (χ3n) is 6.68. The maximum absolute atomic E-state index is 13.5. The summed E-state index contributed by atoms with van der Waals surface area (Å²) in [4.78, 5) is 15.3. The predicted molar refractivity (Wildman–Crippen MR) is 135 cm³/mol. The van der Waals surface area contributed by atoms with E-state index in [1.165, 1.54) is 17.7 Å². The number of amides is 1. The fraction of sp³-hybridized carbons (Fsp3) is 0.179. The highest BCUT2D eigenvalue weighted by Gasteiger charge is 2.33. The molecule has 0 fully saturated rings. The van der Waals surface area contributed by atoms with Crippen LogP contribution < -0.4 is 0 Å². The number of hydrogen-bond acceptors (Lipinski definition) is 3. The summed E-state index contributed by atoms with van der Waals surface area (Å²) in [6.45, 7) is 5.03. The van der Waals surface area contributed by atoms with Crippen LogP contribution in [-0.4, -0.2) is 34.9 Å². The summed E-state index contributed by atoms with van der Waals surface area (Å²) in [5.74, 6) is 0.513. The highest BCUT2D eigenvalue weighted by Crippen LogP contribution is 2.32. The van der Waals surface area contributed by atoms with Crippen molar-refractivity contribution in [1.82, 2.24) is 29.0 Å². The fourth-order valence-corrected chi connectivity index (χ4v) is 4.89. The lowest BCUT2D eigenvalue weighted by molar-refractivity contribution is 0.0738. The van der Waals surface area contributed by atoms with Gasteiger partial charge in [0.1, 0.15) is 17.3 Å². The number of aromatic nitrogens is 5. The number of benzene rings is 2. The van der Waals surface area contributed by atoms with Crippen molar-refractivity contribution >= 4 is 5.91 Å². The SMILES string of the molecule is Cc1ccc(-n2nc3c(c2-n2cccc2)CN(C(=O)c2cc(-c4ccc(F)cc4)nn2C)C3)c(C)c1. The van der Waals surface area contributed by atoms with E-state index >= 15 is 0 Å². The summed E-state index contributed by atoms with van der Waals surface area (Å²) in [6.07, 6.45) is 4.00. The molecule has 0 saturated carbocycles. The van der Waals surface area contributed by atoms with Crippen LogP contribution in [0.5, 0.6) is 0 Å². The van der Waals surface area contributed by atoms with Gasteiger partial charge in [0.25, 0.3) is 5.91 Å². The molecule has 36 heavy (non-hydrogen) atoms. The van der Waals surface area contributed by atoms with Crippen molar-refractivity contribution < 1.29 is 9.18 Å².